The zero-order valence-corrected chi connectivity index (χ0v) is 14.6. The number of hydrogen-bond acceptors (Lipinski definition) is 3. The zero-order chi connectivity index (χ0) is 17.8. The minimum absolute atomic E-state index is 0.120. The largest absolute Gasteiger partial charge is 0.378 e. The second kappa shape index (κ2) is 7.42. The molecule has 2 aromatic rings. The van der Waals surface area contributed by atoms with E-state index in [9.17, 15) is 9.18 Å². The summed E-state index contributed by atoms with van der Waals surface area (Å²) in [5.41, 5.74) is 2.45. The molecule has 0 aliphatic carbocycles. The van der Waals surface area contributed by atoms with E-state index in [2.05, 4.69) is 5.32 Å². The highest BCUT2D eigenvalue weighted by atomic mass is 19.1. The fourth-order valence-corrected chi connectivity index (χ4v) is 2.90. The molecule has 0 saturated carbocycles. The molecule has 6 heteroatoms. The molecule has 3 rings (SSSR count). The molecule has 0 spiro atoms. The molecule has 0 aromatic heterocycles. The van der Waals surface area contributed by atoms with Crippen LogP contribution in [0.5, 0.6) is 0 Å². The number of nitrogens with one attached hydrogen (secondary N) is 1. The Kier molecular flexibility index (Phi) is 5.07. The number of rotatable bonds is 3. The molecule has 0 radical (unpaired) electrons. The van der Waals surface area contributed by atoms with Gasteiger partial charge in [-0.15, -0.1) is 0 Å². The number of benzene rings is 2. The van der Waals surface area contributed by atoms with Crippen LogP contribution in [-0.2, 0) is 0 Å². The van der Waals surface area contributed by atoms with Gasteiger partial charge < -0.3 is 20.0 Å². The molecule has 1 heterocycles. The van der Waals surface area contributed by atoms with Gasteiger partial charge in [-0.25, -0.2) is 9.18 Å². The van der Waals surface area contributed by atoms with Crippen LogP contribution in [0.15, 0.2) is 48.5 Å². The van der Waals surface area contributed by atoms with Crippen LogP contribution in [0, 0.1) is 5.82 Å². The van der Waals surface area contributed by atoms with Crippen molar-refractivity contribution in [2.75, 3.05) is 55.4 Å². The van der Waals surface area contributed by atoms with E-state index in [-0.39, 0.29) is 11.8 Å². The Bertz CT molecular complexity index is 724. The van der Waals surface area contributed by atoms with Crippen LogP contribution in [0.2, 0.25) is 0 Å². The summed E-state index contributed by atoms with van der Waals surface area (Å²) in [6.45, 7) is 2.37. The number of carbonyl (C=O) groups excluding carboxylic acids is 1. The highest BCUT2D eigenvalue weighted by Crippen LogP contribution is 2.21. The Hall–Kier alpha value is -2.76. The van der Waals surface area contributed by atoms with Crippen LogP contribution in [0.4, 0.5) is 26.2 Å². The summed E-state index contributed by atoms with van der Waals surface area (Å²) >= 11 is 0. The number of urea groups is 1. The van der Waals surface area contributed by atoms with Gasteiger partial charge in [0.1, 0.15) is 5.82 Å². The predicted molar refractivity (Wildman–Crippen MR) is 100.0 cm³/mol. The lowest BCUT2D eigenvalue weighted by molar-refractivity contribution is 0.208. The lowest BCUT2D eigenvalue weighted by Gasteiger charge is -2.36. The van der Waals surface area contributed by atoms with Crippen molar-refractivity contribution in [3.63, 3.8) is 0 Å². The maximum Gasteiger partial charge on any atom is 0.321 e. The average molecular weight is 342 g/mol. The first kappa shape index (κ1) is 17.1. The predicted octanol–water partition coefficient (Wildman–Crippen LogP) is 3.25. The van der Waals surface area contributed by atoms with Crippen LogP contribution in [0.3, 0.4) is 0 Å². The number of hydrogen-bond donors (Lipinski definition) is 1. The number of para-hydroxylation sites is 1. The normalized spacial score (nSPS) is 14.4. The van der Waals surface area contributed by atoms with Crippen molar-refractivity contribution in [2.45, 2.75) is 0 Å². The molecule has 1 N–H and O–H groups in total. The molecule has 2 amide bonds. The maximum atomic E-state index is 13.9. The van der Waals surface area contributed by atoms with Crippen LogP contribution in [0.1, 0.15) is 0 Å². The van der Waals surface area contributed by atoms with Gasteiger partial charge in [0.05, 0.1) is 5.69 Å². The van der Waals surface area contributed by atoms with Crippen molar-refractivity contribution < 1.29 is 9.18 Å². The van der Waals surface area contributed by atoms with Gasteiger partial charge in [0.15, 0.2) is 0 Å². The van der Waals surface area contributed by atoms with E-state index >= 15 is 0 Å². The molecule has 2 aromatic carbocycles. The topological polar surface area (TPSA) is 38.8 Å². The summed E-state index contributed by atoms with van der Waals surface area (Å²) in [5.74, 6) is -0.221. The molecular formula is C19H23FN4O. The third-order valence-corrected chi connectivity index (χ3v) is 4.39. The SMILES string of the molecule is CN(C)c1ccc(NC(=O)N2CCN(c3ccccc3F)CC2)cc1. The Morgan fingerprint density at radius 2 is 1.64 bits per heavy atom. The average Bonchev–Trinajstić information content (AvgIpc) is 2.63. The minimum atomic E-state index is -0.221. The van der Waals surface area contributed by atoms with Crippen molar-refractivity contribution >= 4 is 23.1 Å². The van der Waals surface area contributed by atoms with Gasteiger partial charge in [-0.3, -0.25) is 0 Å². The van der Waals surface area contributed by atoms with E-state index in [4.69, 9.17) is 0 Å². The van der Waals surface area contributed by atoms with Crippen molar-refractivity contribution in [1.29, 1.82) is 0 Å². The monoisotopic (exact) mass is 342 g/mol. The van der Waals surface area contributed by atoms with Gasteiger partial charge in [0.25, 0.3) is 0 Å². The number of amides is 2. The quantitative estimate of drug-likeness (QED) is 0.931. The van der Waals surface area contributed by atoms with Gasteiger partial charge in [0, 0.05) is 51.6 Å². The van der Waals surface area contributed by atoms with Crippen LogP contribution in [0.25, 0.3) is 0 Å². The first-order valence-corrected chi connectivity index (χ1v) is 8.37. The fraction of sp³-hybridized carbons (Fsp3) is 0.316. The summed E-state index contributed by atoms with van der Waals surface area (Å²) in [6, 6.07) is 14.3. The summed E-state index contributed by atoms with van der Waals surface area (Å²) in [5, 5.41) is 2.92. The third-order valence-electron chi connectivity index (χ3n) is 4.39. The van der Waals surface area contributed by atoms with E-state index in [1.54, 1.807) is 17.0 Å². The second-order valence-corrected chi connectivity index (χ2v) is 6.30. The number of carbonyl (C=O) groups is 1. The van der Waals surface area contributed by atoms with Gasteiger partial charge >= 0.3 is 6.03 Å². The fourth-order valence-electron chi connectivity index (χ4n) is 2.90. The van der Waals surface area contributed by atoms with Gasteiger partial charge in [-0.05, 0) is 36.4 Å². The molecular weight excluding hydrogens is 319 g/mol. The Morgan fingerprint density at radius 1 is 1.00 bits per heavy atom. The van der Waals surface area contributed by atoms with E-state index in [1.165, 1.54) is 6.07 Å². The van der Waals surface area contributed by atoms with E-state index in [1.807, 2.05) is 54.2 Å². The van der Waals surface area contributed by atoms with Gasteiger partial charge in [-0.1, -0.05) is 12.1 Å². The number of anilines is 3. The minimum Gasteiger partial charge on any atom is -0.378 e. The highest BCUT2D eigenvalue weighted by Gasteiger charge is 2.22. The molecule has 25 heavy (non-hydrogen) atoms. The molecule has 1 fully saturated rings. The van der Waals surface area contributed by atoms with E-state index < -0.39 is 0 Å². The van der Waals surface area contributed by atoms with E-state index in [0.29, 0.717) is 31.9 Å². The summed E-state index contributed by atoms with van der Waals surface area (Å²) in [7, 11) is 3.95. The van der Waals surface area contributed by atoms with Crippen LogP contribution < -0.4 is 15.1 Å². The smallest absolute Gasteiger partial charge is 0.321 e. The number of halogens is 1. The van der Waals surface area contributed by atoms with Gasteiger partial charge in [0.2, 0.25) is 0 Å². The molecule has 0 unspecified atom stereocenters. The van der Waals surface area contributed by atoms with Gasteiger partial charge in [-0.2, -0.15) is 0 Å². The molecule has 5 nitrogen and oxygen atoms in total. The first-order valence-electron chi connectivity index (χ1n) is 8.37. The molecule has 1 aliphatic heterocycles. The Balaban J connectivity index is 1.55. The lowest BCUT2D eigenvalue weighted by Crippen LogP contribution is -2.50. The first-order chi connectivity index (χ1) is 12.0. The maximum absolute atomic E-state index is 13.9. The molecule has 0 bridgehead atoms. The summed E-state index contributed by atoms with van der Waals surface area (Å²) in [6.07, 6.45) is 0. The number of piperazine rings is 1. The summed E-state index contributed by atoms with van der Waals surface area (Å²) in [4.78, 5) is 18.2. The Morgan fingerprint density at radius 3 is 2.24 bits per heavy atom. The zero-order valence-electron chi connectivity index (χ0n) is 14.6. The number of nitrogens with zero attached hydrogens (tertiary/aromatic N) is 3. The summed E-state index contributed by atoms with van der Waals surface area (Å²) < 4.78 is 13.9. The second-order valence-electron chi connectivity index (χ2n) is 6.30. The van der Waals surface area contributed by atoms with Crippen molar-refractivity contribution in [3.05, 3.63) is 54.3 Å². The highest BCUT2D eigenvalue weighted by molar-refractivity contribution is 5.89. The van der Waals surface area contributed by atoms with E-state index in [0.717, 1.165) is 11.4 Å². The lowest BCUT2D eigenvalue weighted by atomic mass is 10.2. The van der Waals surface area contributed by atoms with Crippen molar-refractivity contribution in [1.82, 2.24) is 4.90 Å². The molecule has 0 atom stereocenters. The van der Waals surface area contributed by atoms with Crippen LogP contribution in [-0.4, -0.2) is 51.2 Å². The molecule has 1 aliphatic rings. The standard InChI is InChI=1S/C19H23FN4O/c1-22(2)16-9-7-15(8-10-16)21-19(25)24-13-11-23(12-14-24)18-6-4-3-5-17(18)20/h3-10H,11-14H2,1-2H3,(H,21,25). The van der Waals surface area contributed by atoms with Crippen molar-refractivity contribution in [2.24, 2.45) is 0 Å². The third kappa shape index (κ3) is 4.02. The van der Waals surface area contributed by atoms with Crippen LogP contribution >= 0.6 is 0 Å². The van der Waals surface area contributed by atoms with Crippen molar-refractivity contribution in [3.8, 4) is 0 Å². The molecule has 132 valence electrons. The molecule has 1 saturated heterocycles. The Labute approximate surface area is 147 Å².